The first-order chi connectivity index (χ1) is 11.1. The van der Waals surface area contributed by atoms with Crippen LogP contribution < -0.4 is 9.64 Å². The van der Waals surface area contributed by atoms with E-state index in [4.69, 9.17) is 4.74 Å². The highest BCUT2D eigenvalue weighted by Crippen LogP contribution is 2.37. The van der Waals surface area contributed by atoms with Crippen molar-refractivity contribution in [3.63, 3.8) is 0 Å². The highest BCUT2D eigenvalue weighted by Gasteiger charge is 2.34. The van der Waals surface area contributed by atoms with Gasteiger partial charge in [-0.05, 0) is 25.0 Å². The topological polar surface area (TPSA) is 59.5 Å². The highest BCUT2D eigenvalue weighted by atomic mass is 32.1. The monoisotopic (exact) mass is 326 g/mol. The van der Waals surface area contributed by atoms with Crippen LogP contribution >= 0.6 is 11.3 Å². The van der Waals surface area contributed by atoms with Gasteiger partial charge in [-0.2, -0.15) is 0 Å². The van der Waals surface area contributed by atoms with Crippen LogP contribution in [0.25, 0.3) is 11.6 Å². The molecule has 1 aliphatic heterocycles. The van der Waals surface area contributed by atoms with Crippen LogP contribution in [0.3, 0.4) is 0 Å². The molecule has 116 valence electrons. The zero-order valence-corrected chi connectivity index (χ0v) is 13.3. The van der Waals surface area contributed by atoms with E-state index < -0.39 is 0 Å². The molecule has 0 radical (unpaired) electrons. The van der Waals surface area contributed by atoms with Crippen LogP contribution in [-0.2, 0) is 9.59 Å². The van der Waals surface area contributed by atoms with Crippen molar-refractivity contribution in [2.75, 3.05) is 4.90 Å². The molecule has 6 heteroatoms. The summed E-state index contributed by atoms with van der Waals surface area (Å²) in [4.78, 5) is 30.1. The first kappa shape index (κ1) is 14.1. The van der Waals surface area contributed by atoms with Crippen LogP contribution in [0, 0.1) is 0 Å². The third-order valence-corrected chi connectivity index (χ3v) is 4.72. The van der Waals surface area contributed by atoms with E-state index in [1.165, 1.54) is 11.3 Å². The Morgan fingerprint density at radius 2 is 2.17 bits per heavy atom. The SMILES string of the molecule is CC(=O)N(c1nc(/C=C2/C(=O)Oc3ccccc32)cs1)C1CC1. The number of ether oxygens (including phenoxy) is 1. The molecular weight excluding hydrogens is 312 g/mol. The Morgan fingerprint density at radius 3 is 2.91 bits per heavy atom. The van der Waals surface area contributed by atoms with Gasteiger partial charge in [0.1, 0.15) is 5.75 Å². The quantitative estimate of drug-likeness (QED) is 0.494. The van der Waals surface area contributed by atoms with E-state index in [1.807, 2.05) is 23.6 Å². The maximum absolute atomic E-state index is 12.0. The number of fused-ring (bicyclic) bond motifs is 1. The highest BCUT2D eigenvalue weighted by molar-refractivity contribution is 7.14. The number of thiazole rings is 1. The zero-order valence-electron chi connectivity index (χ0n) is 12.5. The maximum atomic E-state index is 12.0. The summed E-state index contributed by atoms with van der Waals surface area (Å²) < 4.78 is 5.24. The van der Waals surface area contributed by atoms with Gasteiger partial charge in [0, 0.05) is 23.9 Å². The summed E-state index contributed by atoms with van der Waals surface area (Å²) in [5.41, 5.74) is 1.94. The van der Waals surface area contributed by atoms with Gasteiger partial charge in [0.05, 0.1) is 11.3 Å². The second kappa shape index (κ2) is 5.31. The first-order valence-electron chi connectivity index (χ1n) is 7.42. The molecule has 1 aromatic heterocycles. The van der Waals surface area contributed by atoms with Crippen LogP contribution in [0.5, 0.6) is 5.75 Å². The van der Waals surface area contributed by atoms with Crippen molar-refractivity contribution in [3.05, 3.63) is 40.9 Å². The molecule has 4 rings (SSSR count). The molecule has 2 aliphatic rings. The molecule has 0 spiro atoms. The Balaban J connectivity index is 1.67. The van der Waals surface area contributed by atoms with Gasteiger partial charge in [-0.15, -0.1) is 11.3 Å². The van der Waals surface area contributed by atoms with Crippen molar-refractivity contribution in [2.24, 2.45) is 0 Å². The summed E-state index contributed by atoms with van der Waals surface area (Å²) >= 11 is 1.42. The number of aromatic nitrogens is 1. The molecule has 0 unspecified atom stereocenters. The smallest absolute Gasteiger partial charge is 0.344 e. The van der Waals surface area contributed by atoms with E-state index >= 15 is 0 Å². The molecule has 0 bridgehead atoms. The third kappa shape index (κ3) is 2.55. The van der Waals surface area contributed by atoms with E-state index in [0.717, 1.165) is 18.4 Å². The fourth-order valence-corrected chi connectivity index (χ4v) is 3.56. The van der Waals surface area contributed by atoms with Gasteiger partial charge in [0.2, 0.25) is 5.91 Å². The molecule has 23 heavy (non-hydrogen) atoms. The second-order valence-electron chi connectivity index (χ2n) is 5.62. The molecule has 5 nitrogen and oxygen atoms in total. The second-order valence-corrected chi connectivity index (χ2v) is 6.46. The Hall–Kier alpha value is -2.47. The van der Waals surface area contributed by atoms with Crippen molar-refractivity contribution in [2.45, 2.75) is 25.8 Å². The largest absolute Gasteiger partial charge is 0.422 e. The molecule has 1 aromatic carbocycles. The lowest BCUT2D eigenvalue weighted by molar-refractivity contribution is -0.127. The molecule has 0 saturated heterocycles. The number of rotatable bonds is 3. The number of amides is 1. The maximum Gasteiger partial charge on any atom is 0.344 e. The molecule has 1 saturated carbocycles. The number of anilines is 1. The minimum atomic E-state index is -0.369. The van der Waals surface area contributed by atoms with Crippen molar-refractivity contribution in [3.8, 4) is 5.75 Å². The van der Waals surface area contributed by atoms with Crippen LogP contribution in [0.2, 0.25) is 0 Å². The zero-order chi connectivity index (χ0) is 16.0. The molecule has 0 atom stereocenters. The van der Waals surface area contributed by atoms with Crippen molar-refractivity contribution >= 4 is 40.0 Å². The van der Waals surface area contributed by atoms with E-state index in [0.29, 0.717) is 22.1 Å². The van der Waals surface area contributed by atoms with Crippen molar-refractivity contribution in [1.29, 1.82) is 0 Å². The lowest BCUT2D eigenvalue weighted by Crippen LogP contribution is -2.30. The normalized spacial score (nSPS) is 18.0. The average molecular weight is 326 g/mol. The molecule has 1 aliphatic carbocycles. The fourth-order valence-electron chi connectivity index (χ4n) is 2.66. The number of esters is 1. The van der Waals surface area contributed by atoms with E-state index in [1.54, 1.807) is 24.0 Å². The predicted molar refractivity (Wildman–Crippen MR) is 88.2 cm³/mol. The van der Waals surface area contributed by atoms with Gasteiger partial charge in [-0.3, -0.25) is 9.69 Å². The number of benzene rings is 1. The van der Waals surface area contributed by atoms with Crippen LogP contribution in [0.4, 0.5) is 5.13 Å². The van der Waals surface area contributed by atoms with Crippen LogP contribution in [0.1, 0.15) is 31.0 Å². The summed E-state index contributed by atoms with van der Waals surface area (Å²) in [5, 5.41) is 2.54. The summed E-state index contributed by atoms with van der Waals surface area (Å²) in [5.74, 6) is 0.209. The summed E-state index contributed by atoms with van der Waals surface area (Å²) in [7, 11) is 0. The number of para-hydroxylation sites is 1. The third-order valence-electron chi connectivity index (χ3n) is 3.86. The number of hydrogen-bond acceptors (Lipinski definition) is 5. The standard InChI is InChI=1S/C17H14N2O3S/c1-10(20)19(12-6-7-12)17-18-11(9-23-17)8-14-13-4-2-3-5-15(13)22-16(14)21/h2-5,8-9,12H,6-7H2,1H3/b14-8+. The number of hydrogen-bond donors (Lipinski definition) is 0. The van der Waals surface area contributed by atoms with Crippen molar-refractivity contribution < 1.29 is 14.3 Å². The van der Waals surface area contributed by atoms with Gasteiger partial charge in [0.15, 0.2) is 5.13 Å². The summed E-state index contributed by atoms with van der Waals surface area (Å²) in [6, 6.07) is 7.59. The van der Waals surface area contributed by atoms with Crippen LogP contribution in [-0.4, -0.2) is 22.9 Å². The van der Waals surface area contributed by atoms with Gasteiger partial charge in [0.25, 0.3) is 0 Å². The molecular formula is C17H14N2O3S. The molecule has 1 fully saturated rings. The van der Waals surface area contributed by atoms with Gasteiger partial charge >= 0.3 is 5.97 Å². The summed E-state index contributed by atoms with van der Waals surface area (Å²) in [6.07, 6.45) is 3.77. The lowest BCUT2D eigenvalue weighted by atomic mass is 10.1. The summed E-state index contributed by atoms with van der Waals surface area (Å²) in [6.45, 7) is 1.56. The van der Waals surface area contributed by atoms with E-state index in [9.17, 15) is 9.59 Å². The Morgan fingerprint density at radius 1 is 1.39 bits per heavy atom. The molecule has 2 heterocycles. The van der Waals surface area contributed by atoms with E-state index in [2.05, 4.69) is 4.98 Å². The van der Waals surface area contributed by atoms with Crippen LogP contribution in [0.15, 0.2) is 29.6 Å². The predicted octanol–water partition coefficient (Wildman–Crippen LogP) is 3.12. The molecule has 1 amide bonds. The number of nitrogens with zero attached hydrogens (tertiary/aromatic N) is 2. The minimum Gasteiger partial charge on any atom is -0.422 e. The first-order valence-corrected chi connectivity index (χ1v) is 8.30. The van der Waals surface area contributed by atoms with E-state index in [-0.39, 0.29) is 17.9 Å². The lowest BCUT2D eigenvalue weighted by Gasteiger charge is -2.16. The molecule has 0 N–H and O–H groups in total. The minimum absolute atomic E-state index is 0.00618. The Kier molecular flexibility index (Phi) is 3.27. The van der Waals surface area contributed by atoms with Crippen molar-refractivity contribution in [1.82, 2.24) is 4.98 Å². The van der Waals surface area contributed by atoms with Gasteiger partial charge in [-0.1, -0.05) is 18.2 Å². The number of carbonyl (C=O) groups is 2. The number of carbonyl (C=O) groups excluding carboxylic acids is 2. The fraction of sp³-hybridized carbons (Fsp3) is 0.235. The Labute approximate surface area is 137 Å². The van der Waals surface area contributed by atoms with Gasteiger partial charge in [-0.25, -0.2) is 9.78 Å². The molecule has 2 aromatic rings. The Bertz CT molecular complexity index is 836. The van der Waals surface area contributed by atoms with Gasteiger partial charge < -0.3 is 4.74 Å². The average Bonchev–Trinajstić information content (AvgIpc) is 3.15.